The summed E-state index contributed by atoms with van der Waals surface area (Å²) in [5.74, 6) is 1.99. The zero-order chi connectivity index (χ0) is 9.10. The van der Waals surface area contributed by atoms with Crippen molar-refractivity contribution in [1.29, 1.82) is 0 Å². The minimum atomic E-state index is 0.889. The van der Waals surface area contributed by atoms with Crippen LogP contribution in [0, 0.1) is 0 Å². The Hall–Kier alpha value is -1.51. The van der Waals surface area contributed by atoms with Crippen molar-refractivity contribution in [2.45, 2.75) is 0 Å². The summed E-state index contributed by atoms with van der Waals surface area (Å²) >= 11 is 0. The molecule has 1 aliphatic heterocycles. The predicted octanol–water partition coefficient (Wildman–Crippen LogP) is -0.874. The lowest BCUT2D eigenvalue weighted by Gasteiger charge is -2.00. The number of nitrogens with one attached hydrogen (secondary N) is 2. The zero-order valence-corrected chi connectivity index (χ0v) is 7.63. The van der Waals surface area contributed by atoms with E-state index in [0.29, 0.717) is 0 Å². The van der Waals surface area contributed by atoms with Crippen molar-refractivity contribution in [2.75, 3.05) is 20.2 Å². The molecule has 13 heavy (non-hydrogen) atoms. The van der Waals surface area contributed by atoms with Crippen molar-refractivity contribution in [3.8, 4) is 5.75 Å². The minimum absolute atomic E-state index is 0.889. The maximum atomic E-state index is 5.15. The van der Waals surface area contributed by atoms with Gasteiger partial charge in [-0.1, -0.05) is 6.07 Å². The third kappa shape index (κ3) is 1.64. The Morgan fingerprint density at radius 2 is 2.38 bits per heavy atom. The molecule has 2 N–H and O–H groups in total. The fraction of sp³-hybridized carbons (Fsp3) is 0.300. The van der Waals surface area contributed by atoms with Gasteiger partial charge in [-0.15, -0.1) is 0 Å². The van der Waals surface area contributed by atoms with E-state index in [0.717, 1.165) is 30.2 Å². The van der Waals surface area contributed by atoms with Crippen LogP contribution in [0.1, 0.15) is 5.56 Å². The first-order valence-electron chi connectivity index (χ1n) is 4.39. The molecule has 0 saturated heterocycles. The van der Waals surface area contributed by atoms with Crippen LogP contribution in [-0.4, -0.2) is 26.0 Å². The Labute approximate surface area is 77.4 Å². The van der Waals surface area contributed by atoms with Crippen LogP contribution in [0.2, 0.25) is 0 Å². The molecule has 0 amide bonds. The fourth-order valence-corrected chi connectivity index (χ4v) is 1.42. The second kappa shape index (κ2) is 3.47. The van der Waals surface area contributed by atoms with Crippen molar-refractivity contribution >= 4 is 5.84 Å². The first-order chi connectivity index (χ1) is 6.40. The second-order valence-electron chi connectivity index (χ2n) is 2.96. The summed E-state index contributed by atoms with van der Waals surface area (Å²) in [7, 11) is 1.68. The molecule has 2 rings (SSSR count). The molecule has 3 heteroatoms. The molecule has 0 atom stereocenters. The Bertz CT molecular complexity index is 333. The first kappa shape index (κ1) is 8.10. The van der Waals surface area contributed by atoms with Crippen molar-refractivity contribution in [1.82, 2.24) is 5.32 Å². The van der Waals surface area contributed by atoms with Crippen LogP contribution in [0.25, 0.3) is 0 Å². The van der Waals surface area contributed by atoms with Gasteiger partial charge in [-0.3, -0.25) is 10.3 Å². The second-order valence-corrected chi connectivity index (χ2v) is 2.96. The van der Waals surface area contributed by atoms with E-state index in [2.05, 4.69) is 16.4 Å². The number of benzene rings is 1. The van der Waals surface area contributed by atoms with Crippen LogP contribution < -0.4 is 15.0 Å². The highest BCUT2D eigenvalue weighted by atomic mass is 16.5. The maximum absolute atomic E-state index is 5.15. The van der Waals surface area contributed by atoms with E-state index in [1.54, 1.807) is 7.11 Å². The summed E-state index contributed by atoms with van der Waals surface area (Å²) in [4.78, 5) is 3.27. The number of methoxy groups -OCH3 is 1. The molecule has 0 unspecified atom stereocenters. The molecular weight excluding hydrogens is 164 g/mol. The van der Waals surface area contributed by atoms with E-state index in [1.165, 1.54) is 0 Å². The molecule has 1 aromatic carbocycles. The molecular formula is C10H13N2O+. The fourth-order valence-electron chi connectivity index (χ4n) is 1.42. The van der Waals surface area contributed by atoms with Crippen LogP contribution in [-0.2, 0) is 0 Å². The largest absolute Gasteiger partial charge is 0.497 e. The van der Waals surface area contributed by atoms with Crippen LogP contribution >= 0.6 is 0 Å². The van der Waals surface area contributed by atoms with E-state index >= 15 is 0 Å². The normalized spacial score (nSPS) is 15.0. The van der Waals surface area contributed by atoms with Crippen molar-refractivity contribution in [2.24, 2.45) is 0 Å². The Morgan fingerprint density at radius 1 is 1.46 bits per heavy atom. The van der Waals surface area contributed by atoms with Gasteiger partial charge in [0.2, 0.25) is 0 Å². The number of hydrogen-bond donors (Lipinski definition) is 2. The number of ether oxygens (including phenoxy) is 1. The molecule has 1 aliphatic rings. The molecule has 0 bridgehead atoms. The standard InChI is InChI=1S/C10H12N2O/c1-13-9-4-2-3-8(7-9)10-11-5-6-12-10/h2-4,7H,5-6H2,1H3,(H,11,12)/p+1. The monoisotopic (exact) mass is 177 g/mol. The molecule has 1 heterocycles. The minimum Gasteiger partial charge on any atom is -0.497 e. The van der Waals surface area contributed by atoms with Gasteiger partial charge < -0.3 is 4.74 Å². The zero-order valence-electron chi connectivity index (χ0n) is 7.63. The summed E-state index contributed by atoms with van der Waals surface area (Å²) < 4.78 is 5.15. The molecule has 0 aromatic heterocycles. The van der Waals surface area contributed by atoms with Crippen LogP contribution in [0.15, 0.2) is 24.3 Å². The third-order valence-corrected chi connectivity index (χ3v) is 2.09. The molecule has 68 valence electrons. The Morgan fingerprint density at radius 3 is 3.08 bits per heavy atom. The van der Waals surface area contributed by atoms with Crippen molar-refractivity contribution < 1.29 is 9.73 Å². The number of hydrogen-bond acceptors (Lipinski definition) is 2. The van der Waals surface area contributed by atoms with Crippen molar-refractivity contribution in [3.63, 3.8) is 0 Å². The maximum Gasteiger partial charge on any atom is 0.275 e. The summed E-state index contributed by atoms with van der Waals surface area (Å²) in [5, 5.41) is 3.27. The van der Waals surface area contributed by atoms with E-state index in [4.69, 9.17) is 4.74 Å². The predicted molar refractivity (Wildman–Crippen MR) is 50.9 cm³/mol. The molecule has 0 saturated carbocycles. The van der Waals surface area contributed by atoms with Gasteiger partial charge in [-0.05, 0) is 18.2 Å². The topological polar surface area (TPSA) is 35.2 Å². The smallest absolute Gasteiger partial charge is 0.275 e. The Balaban J connectivity index is 2.29. The first-order valence-corrected chi connectivity index (χ1v) is 4.39. The highest BCUT2D eigenvalue weighted by Crippen LogP contribution is 2.11. The molecule has 0 fully saturated rings. The van der Waals surface area contributed by atoms with E-state index < -0.39 is 0 Å². The summed E-state index contributed by atoms with van der Waals surface area (Å²) in [6.07, 6.45) is 0. The highest BCUT2D eigenvalue weighted by Gasteiger charge is 2.14. The van der Waals surface area contributed by atoms with Gasteiger partial charge in [0.05, 0.1) is 12.7 Å². The molecule has 0 radical (unpaired) electrons. The molecule has 0 aliphatic carbocycles. The lowest BCUT2D eigenvalue weighted by Crippen LogP contribution is -2.70. The van der Waals surface area contributed by atoms with Gasteiger partial charge in [0.15, 0.2) is 0 Å². The van der Waals surface area contributed by atoms with Gasteiger partial charge in [-0.25, -0.2) is 0 Å². The van der Waals surface area contributed by atoms with Gasteiger partial charge in [-0.2, -0.15) is 0 Å². The summed E-state index contributed by atoms with van der Waals surface area (Å²) in [6.45, 7) is 1.99. The van der Waals surface area contributed by atoms with Crippen LogP contribution in [0.4, 0.5) is 0 Å². The summed E-state index contributed by atoms with van der Waals surface area (Å²) in [6, 6.07) is 8.01. The molecule has 0 spiro atoms. The third-order valence-electron chi connectivity index (χ3n) is 2.09. The van der Waals surface area contributed by atoms with E-state index in [-0.39, 0.29) is 0 Å². The Kier molecular flexibility index (Phi) is 2.17. The lowest BCUT2D eigenvalue weighted by atomic mass is 10.2. The molecule has 3 nitrogen and oxygen atoms in total. The number of amidine groups is 1. The van der Waals surface area contributed by atoms with Crippen LogP contribution in [0.3, 0.4) is 0 Å². The van der Waals surface area contributed by atoms with Crippen molar-refractivity contribution in [3.05, 3.63) is 29.8 Å². The van der Waals surface area contributed by atoms with E-state index in [9.17, 15) is 0 Å². The van der Waals surface area contributed by atoms with Gasteiger partial charge in [0, 0.05) is 0 Å². The molecule has 1 aromatic rings. The average Bonchev–Trinajstić information content (AvgIpc) is 2.71. The number of rotatable bonds is 2. The van der Waals surface area contributed by atoms with Gasteiger partial charge in [0.1, 0.15) is 18.8 Å². The van der Waals surface area contributed by atoms with Gasteiger partial charge in [0.25, 0.3) is 5.84 Å². The average molecular weight is 177 g/mol. The van der Waals surface area contributed by atoms with Crippen LogP contribution in [0.5, 0.6) is 5.75 Å². The SMILES string of the molecule is COc1cccc(C2=[NH+]CCN2)c1. The lowest BCUT2D eigenvalue weighted by molar-refractivity contribution is -0.444. The highest BCUT2D eigenvalue weighted by molar-refractivity contribution is 5.95. The van der Waals surface area contributed by atoms with Gasteiger partial charge >= 0.3 is 0 Å². The summed E-state index contributed by atoms with van der Waals surface area (Å²) in [5.41, 5.74) is 1.15. The van der Waals surface area contributed by atoms with E-state index in [1.807, 2.05) is 18.2 Å². The quantitative estimate of drug-likeness (QED) is 0.615.